The Morgan fingerprint density at radius 2 is 1.60 bits per heavy atom. The second-order valence-corrected chi connectivity index (χ2v) is 8.35. The zero-order valence-electron chi connectivity index (χ0n) is 15.7. The normalized spacial score (nSPS) is 31.8. The molecule has 0 aromatic carbocycles. The number of rotatable bonds is 3. The first-order valence-electron chi connectivity index (χ1n) is 10.1. The number of nitrogens with two attached hydrogens (primary N) is 1. The van der Waals surface area contributed by atoms with Crippen LogP contribution in [-0.2, 0) is 9.59 Å². The highest BCUT2D eigenvalue weighted by molar-refractivity contribution is 5.81. The fraction of sp³-hybridized carbons (Fsp3) is 0.895. The fourth-order valence-electron chi connectivity index (χ4n) is 4.55. The van der Waals surface area contributed by atoms with Crippen molar-refractivity contribution in [3.8, 4) is 0 Å². The molecule has 0 radical (unpaired) electrons. The van der Waals surface area contributed by atoms with Crippen molar-refractivity contribution >= 4 is 11.8 Å². The van der Waals surface area contributed by atoms with Crippen LogP contribution in [0.3, 0.4) is 0 Å². The Morgan fingerprint density at radius 1 is 0.920 bits per heavy atom. The molecule has 2 saturated heterocycles. The molecule has 2 atom stereocenters. The highest BCUT2D eigenvalue weighted by atomic mass is 16.2. The van der Waals surface area contributed by atoms with Crippen molar-refractivity contribution in [3.63, 3.8) is 0 Å². The standard InChI is InChI=1S/C19H34N4O2/c1-19(20)8-4-3-7-16(19)18(25)23-13-11-21(12-14-23)15-17(24)22-9-5-2-6-10-22/h16H,2-15,20H2,1H3. The zero-order chi connectivity index (χ0) is 17.9. The Hall–Kier alpha value is -1.14. The van der Waals surface area contributed by atoms with E-state index in [0.29, 0.717) is 6.54 Å². The zero-order valence-corrected chi connectivity index (χ0v) is 15.7. The van der Waals surface area contributed by atoms with Crippen molar-refractivity contribution in [1.82, 2.24) is 14.7 Å². The maximum Gasteiger partial charge on any atom is 0.236 e. The molecule has 1 saturated carbocycles. The van der Waals surface area contributed by atoms with Gasteiger partial charge in [-0.15, -0.1) is 0 Å². The van der Waals surface area contributed by atoms with Crippen LogP contribution in [0.1, 0.15) is 51.9 Å². The van der Waals surface area contributed by atoms with E-state index < -0.39 is 0 Å². The van der Waals surface area contributed by atoms with Gasteiger partial charge in [-0.25, -0.2) is 0 Å². The maximum absolute atomic E-state index is 12.9. The summed E-state index contributed by atoms with van der Waals surface area (Å²) in [4.78, 5) is 31.5. The van der Waals surface area contributed by atoms with Crippen molar-refractivity contribution in [2.24, 2.45) is 11.7 Å². The minimum absolute atomic E-state index is 0.0391. The van der Waals surface area contributed by atoms with Crippen LogP contribution in [0.4, 0.5) is 0 Å². The number of likely N-dealkylation sites (tertiary alicyclic amines) is 1. The van der Waals surface area contributed by atoms with Crippen LogP contribution in [0, 0.1) is 5.92 Å². The number of hydrogen-bond acceptors (Lipinski definition) is 4. The summed E-state index contributed by atoms with van der Waals surface area (Å²) in [5.41, 5.74) is 6.03. The van der Waals surface area contributed by atoms with Crippen molar-refractivity contribution < 1.29 is 9.59 Å². The third-order valence-corrected chi connectivity index (χ3v) is 6.30. The largest absolute Gasteiger partial charge is 0.342 e. The molecule has 25 heavy (non-hydrogen) atoms. The van der Waals surface area contributed by atoms with E-state index in [1.807, 2.05) is 16.7 Å². The predicted octanol–water partition coefficient (Wildman–Crippen LogP) is 1.05. The molecule has 2 unspecified atom stereocenters. The topological polar surface area (TPSA) is 69.9 Å². The Bertz CT molecular complexity index is 480. The van der Waals surface area contributed by atoms with Crippen molar-refractivity contribution in [3.05, 3.63) is 0 Å². The van der Waals surface area contributed by atoms with Gasteiger partial charge in [0.25, 0.3) is 0 Å². The van der Waals surface area contributed by atoms with E-state index in [0.717, 1.165) is 77.8 Å². The first-order valence-corrected chi connectivity index (χ1v) is 10.1. The molecule has 0 aromatic heterocycles. The van der Waals surface area contributed by atoms with Gasteiger partial charge in [-0.3, -0.25) is 14.5 Å². The Kier molecular flexibility index (Phi) is 6.00. The van der Waals surface area contributed by atoms with E-state index in [2.05, 4.69) is 4.90 Å². The number of nitrogens with zero attached hydrogens (tertiary/aromatic N) is 3. The number of amides is 2. The molecule has 6 nitrogen and oxygen atoms in total. The van der Waals surface area contributed by atoms with Gasteiger partial charge < -0.3 is 15.5 Å². The van der Waals surface area contributed by atoms with Gasteiger partial charge in [-0.1, -0.05) is 12.8 Å². The highest BCUT2D eigenvalue weighted by Gasteiger charge is 2.40. The van der Waals surface area contributed by atoms with Crippen LogP contribution in [0.5, 0.6) is 0 Å². The second-order valence-electron chi connectivity index (χ2n) is 8.35. The van der Waals surface area contributed by atoms with E-state index >= 15 is 0 Å². The molecule has 0 aromatic rings. The van der Waals surface area contributed by atoms with Crippen molar-refractivity contribution in [2.45, 2.75) is 57.4 Å². The van der Waals surface area contributed by atoms with Crippen LogP contribution in [0.15, 0.2) is 0 Å². The summed E-state index contributed by atoms with van der Waals surface area (Å²) in [7, 11) is 0. The highest BCUT2D eigenvalue weighted by Crippen LogP contribution is 2.33. The lowest BCUT2D eigenvalue weighted by atomic mass is 9.74. The van der Waals surface area contributed by atoms with E-state index in [-0.39, 0.29) is 23.3 Å². The van der Waals surface area contributed by atoms with E-state index in [4.69, 9.17) is 5.73 Å². The average Bonchev–Trinajstić information content (AvgIpc) is 2.62. The van der Waals surface area contributed by atoms with Gasteiger partial charge in [0, 0.05) is 44.8 Å². The lowest BCUT2D eigenvalue weighted by Crippen LogP contribution is -2.58. The predicted molar refractivity (Wildman–Crippen MR) is 98.0 cm³/mol. The molecule has 3 fully saturated rings. The number of carbonyl (C=O) groups is 2. The Labute approximate surface area is 151 Å². The number of piperidine rings is 1. The second kappa shape index (κ2) is 8.04. The van der Waals surface area contributed by atoms with E-state index in [1.165, 1.54) is 6.42 Å². The van der Waals surface area contributed by atoms with Crippen molar-refractivity contribution in [1.29, 1.82) is 0 Å². The molecule has 6 heteroatoms. The number of piperazine rings is 1. The summed E-state index contributed by atoms with van der Waals surface area (Å²) < 4.78 is 0. The summed E-state index contributed by atoms with van der Waals surface area (Å²) in [6, 6.07) is 0. The minimum Gasteiger partial charge on any atom is -0.342 e. The van der Waals surface area contributed by atoms with E-state index in [9.17, 15) is 9.59 Å². The third-order valence-electron chi connectivity index (χ3n) is 6.30. The smallest absolute Gasteiger partial charge is 0.236 e. The van der Waals surface area contributed by atoms with E-state index in [1.54, 1.807) is 0 Å². The van der Waals surface area contributed by atoms with Crippen LogP contribution in [-0.4, -0.2) is 77.9 Å². The van der Waals surface area contributed by atoms with Crippen molar-refractivity contribution in [2.75, 3.05) is 45.8 Å². The molecule has 142 valence electrons. The van der Waals surface area contributed by atoms with Crippen LogP contribution in [0.25, 0.3) is 0 Å². The summed E-state index contributed by atoms with van der Waals surface area (Å²) in [5, 5.41) is 0. The number of hydrogen-bond donors (Lipinski definition) is 1. The first-order chi connectivity index (χ1) is 12.0. The molecule has 3 rings (SSSR count). The molecular formula is C19H34N4O2. The SMILES string of the molecule is CC1(N)CCCCC1C(=O)N1CCN(CC(=O)N2CCCCC2)CC1. The lowest BCUT2D eigenvalue weighted by Gasteiger charge is -2.42. The third kappa shape index (κ3) is 4.53. The molecule has 2 heterocycles. The Morgan fingerprint density at radius 3 is 2.24 bits per heavy atom. The quantitative estimate of drug-likeness (QED) is 0.826. The van der Waals surface area contributed by atoms with Gasteiger partial charge in [0.2, 0.25) is 11.8 Å². The van der Waals surface area contributed by atoms with Gasteiger partial charge in [-0.05, 0) is 39.0 Å². The summed E-state index contributed by atoms with van der Waals surface area (Å²) in [5.74, 6) is 0.441. The lowest BCUT2D eigenvalue weighted by molar-refractivity contribution is -0.141. The summed E-state index contributed by atoms with van der Waals surface area (Å²) in [6.07, 6.45) is 7.59. The van der Waals surface area contributed by atoms with Gasteiger partial charge in [0.1, 0.15) is 0 Å². The molecule has 2 aliphatic heterocycles. The monoisotopic (exact) mass is 350 g/mol. The van der Waals surface area contributed by atoms with Gasteiger partial charge in [0.15, 0.2) is 0 Å². The van der Waals surface area contributed by atoms with Crippen LogP contribution in [0.2, 0.25) is 0 Å². The Balaban J connectivity index is 1.46. The van der Waals surface area contributed by atoms with Gasteiger partial charge in [0.05, 0.1) is 12.5 Å². The maximum atomic E-state index is 12.9. The molecule has 0 bridgehead atoms. The summed E-state index contributed by atoms with van der Waals surface area (Å²) >= 11 is 0. The minimum atomic E-state index is -0.364. The molecule has 0 spiro atoms. The average molecular weight is 351 g/mol. The van der Waals surface area contributed by atoms with Crippen LogP contribution < -0.4 is 5.73 Å². The van der Waals surface area contributed by atoms with Crippen LogP contribution >= 0.6 is 0 Å². The molecule has 3 aliphatic rings. The fourth-order valence-corrected chi connectivity index (χ4v) is 4.55. The number of carbonyl (C=O) groups excluding carboxylic acids is 2. The first kappa shape index (κ1) is 18.6. The molecule has 2 N–H and O–H groups in total. The van der Waals surface area contributed by atoms with Gasteiger partial charge in [-0.2, -0.15) is 0 Å². The summed E-state index contributed by atoms with van der Waals surface area (Å²) in [6.45, 7) is 7.38. The molecule has 2 amide bonds. The molecular weight excluding hydrogens is 316 g/mol. The molecule has 1 aliphatic carbocycles. The van der Waals surface area contributed by atoms with Gasteiger partial charge >= 0.3 is 0 Å².